The summed E-state index contributed by atoms with van der Waals surface area (Å²) in [6.45, 7) is 2.01. The molecule has 4 heteroatoms. The van der Waals surface area contributed by atoms with Gasteiger partial charge in [-0.3, -0.25) is 0 Å². The molecular formula is C18H23N3O. The number of carbonyl (C=O) groups is 1. The molecule has 0 fully saturated rings. The van der Waals surface area contributed by atoms with Crippen molar-refractivity contribution in [3.8, 4) is 11.1 Å². The number of hydrogen-bond acceptors (Lipinski definition) is 4. The van der Waals surface area contributed by atoms with Crippen molar-refractivity contribution >= 4 is 23.3 Å². The first-order valence-corrected chi connectivity index (χ1v) is 7.48. The number of hydrogen-bond donors (Lipinski definition) is 3. The average Bonchev–Trinajstić information content (AvgIpc) is 2.55. The van der Waals surface area contributed by atoms with Crippen LogP contribution in [0.5, 0.6) is 0 Å². The maximum atomic E-state index is 10.7. The Labute approximate surface area is 131 Å². The first kappa shape index (κ1) is 15.9. The molecule has 0 unspecified atom stereocenters. The SMILES string of the molecule is CNc1cccc(-c2cccc(NC)c2N[C@H](C)CC=O)c1. The Balaban J connectivity index is 2.47. The van der Waals surface area contributed by atoms with E-state index in [0.29, 0.717) is 6.42 Å². The first-order valence-electron chi connectivity index (χ1n) is 7.48. The summed E-state index contributed by atoms with van der Waals surface area (Å²) in [6.07, 6.45) is 1.43. The predicted molar refractivity (Wildman–Crippen MR) is 94.7 cm³/mol. The number of aldehydes is 1. The van der Waals surface area contributed by atoms with Crippen molar-refractivity contribution in [3.63, 3.8) is 0 Å². The van der Waals surface area contributed by atoms with E-state index in [1.54, 1.807) is 0 Å². The summed E-state index contributed by atoms with van der Waals surface area (Å²) in [6, 6.07) is 14.5. The fraction of sp³-hybridized carbons (Fsp3) is 0.278. The Morgan fingerprint density at radius 2 is 1.86 bits per heavy atom. The highest BCUT2D eigenvalue weighted by molar-refractivity contribution is 5.88. The summed E-state index contributed by atoms with van der Waals surface area (Å²) in [5.41, 5.74) is 5.35. The third-order valence-electron chi connectivity index (χ3n) is 3.64. The molecule has 0 radical (unpaired) electrons. The van der Waals surface area contributed by atoms with E-state index in [9.17, 15) is 4.79 Å². The van der Waals surface area contributed by atoms with Crippen molar-refractivity contribution in [2.75, 3.05) is 30.0 Å². The molecule has 2 rings (SSSR count). The first-order chi connectivity index (χ1) is 10.7. The normalized spacial score (nSPS) is 11.6. The maximum absolute atomic E-state index is 10.7. The van der Waals surface area contributed by atoms with E-state index < -0.39 is 0 Å². The molecule has 1 atom stereocenters. The molecule has 0 aliphatic carbocycles. The van der Waals surface area contributed by atoms with Crippen LogP contribution in [-0.4, -0.2) is 26.4 Å². The largest absolute Gasteiger partial charge is 0.388 e. The average molecular weight is 297 g/mol. The smallest absolute Gasteiger partial charge is 0.122 e. The van der Waals surface area contributed by atoms with Crippen LogP contribution >= 0.6 is 0 Å². The Morgan fingerprint density at radius 1 is 1.09 bits per heavy atom. The van der Waals surface area contributed by atoms with Gasteiger partial charge in [0.25, 0.3) is 0 Å². The lowest BCUT2D eigenvalue weighted by Gasteiger charge is -2.20. The van der Waals surface area contributed by atoms with Crippen LogP contribution in [-0.2, 0) is 4.79 Å². The third-order valence-corrected chi connectivity index (χ3v) is 3.64. The zero-order valence-corrected chi connectivity index (χ0v) is 13.3. The van der Waals surface area contributed by atoms with Crippen LogP contribution in [0.1, 0.15) is 13.3 Å². The van der Waals surface area contributed by atoms with Crippen molar-refractivity contribution in [1.82, 2.24) is 0 Å². The lowest BCUT2D eigenvalue weighted by Crippen LogP contribution is -2.17. The molecular weight excluding hydrogens is 274 g/mol. The Hall–Kier alpha value is -2.49. The fourth-order valence-electron chi connectivity index (χ4n) is 2.45. The molecule has 0 amide bonds. The summed E-state index contributed by atoms with van der Waals surface area (Å²) < 4.78 is 0. The molecule has 0 bridgehead atoms. The van der Waals surface area contributed by atoms with Gasteiger partial charge < -0.3 is 20.7 Å². The summed E-state index contributed by atoms with van der Waals surface area (Å²) in [7, 11) is 3.81. The van der Waals surface area contributed by atoms with Gasteiger partial charge in [-0.1, -0.05) is 24.3 Å². The summed E-state index contributed by atoms with van der Waals surface area (Å²) >= 11 is 0. The minimum Gasteiger partial charge on any atom is -0.388 e. The molecule has 2 aromatic rings. The molecule has 0 aliphatic heterocycles. The summed E-state index contributed by atoms with van der Waals surface area (Å²) in [4.78, 5) is 10.7. The van der Waals surface area contributed by atoms with Gasteiger partial charge >= 0.3 is 0 Å². The van der Waals surface area contributed by atoms with Crippen molar-refractivity contribution in [1.29, 1.82) is 0 Å². The van der Waals surface area contributed by atoms with Crippen molar-refractivity contribution in [2.24, 2.45) is 0 Å². The van der Waals surface area contributed by atoms with Crippen molar-refractivity contribution in [3.05, 3.63) is 42.5 Å². The Morgan fingerprint density at radius 3 is 2.55 bits per heavy atom. The molecule has 3 N–H and O–H groups in total. The molecule has 0 aromatic heterocycles. The standard InChI is InChI=1S/C18H23N3O/c1-13(10-11-22)21-18-16(8-5-9-17(18)20-3)14-6-4-7-15(12-14)19-2/h4-9,11-13,19-21H,10H2,1-3H3/t13-/m1/s1. The van der Waals surface area contributed by atoms with Gasteiger partial charge in [-0.05, 0) is 30.7 Å². The van der Waals surface area contributed by atoms with Crippen LogP contribution in [0, 0.1) is 0 Å². The van der Waals surface area contributed by atoms with E-state index in [4.69, 9.17) is 0 Å². The number of benzene rings is 2. The highest BCUT2D eigenvalue weighted by Crippen LogP contribution is 2.35. The number of rotatable bonds is 7. The van der Waals surface area contributed by atoms with Gasteiger partial charge in [0.05, 0.1) is 11.4 Å². The zero-order valence-electron chi connectivity index (χ0n) is 13.3. The monoisotopic (exact) mass is 297 g/mol. The van der Waals surface area contributed by atoms with Gasteiger partial charge in [0, 0.05) is 37.8 Å². The van der Waals surface area contributed by atoms with E-state index in [1.807, 2.05) is 45.3 Å². The molecule has 2 aromatic carbocycles. The summed E-state index contributed by atoms with van der Waals surface area (Å²) in [5.74, 6) is 0. The van der Waals surface area contributed by atoms with Gasteiger partial charge in [0.2, 0.25) is 0 Å². The molecule has 0 aliphatic rings. The minimum absolute atomic E-state index is 0.0817. The second kappa shape index (κ2) is 7.50. The van der Waals surface area contributed by atoms with E-state index >= 15 is 0 Å². The van der Waals surface area contributed by atoms with Gasteiger partial charge in [0.15, 0.2) is 0 Å². The van der Waals surface area contributed by atoms with Gasteiger partial charge in [-0.2, -0.15) is 0 Å². The lowest BCUT2D eigenvalue weighted by molar-refractivity contribution is -0.107. The van der Waals surface area contributed by atoms with Crippen LogP contribution in [0.2, 0.25) is 0 Å². The fourth-order valence-corrected chi connectivity index (χ4v) is 2.45. The van der Waals surface area contributed by atoms with Gasteiger partial charge in [-0.25, -0.2) is 0 Å². The predicted octanol–water partition coefficient (Wildman–Crippen LogP) is 3.83. The molecule has 0 saturated carbocycles. The number of nitrogens with one attached hydrogen (secondary N) is 3. The van der Waals surface area contributed by atoms with Crippen LogP contribution in [0.25, 0.3) is 11.1 Å². The van der Waals surface area contributed by atoms with Crippen LogP contribution in [0.15, 0.2) is 42.5 Å². The quantitative estimate of drug-likeness (QED) is 0.680. The number of anilines is 3. The van der Waals surface area contributed by atoms with Crippen LogP contribution in [0.4, 0.5) is 17.1 Å². The highest BCUT2D eigenvalue weighted by Gasteiger charge is 2.12. The number of carbonyl (C=O) groups excluding carboxylic acids is 1. The molecule has 0 saturated heterocycles. The second-order valence-electron chi connectivity index (χ2n) is 5.26. The number of para-hydroxylation sites is 1. The second-order valence-corrected chi connectivity index (χ2v) is 5.26. The van der Waals surface area contributed by atoms with Crippen molar-refractivity contribution in [2.45, 2.75) is 19.4 Å². The summed E-state index contributed by atoms with van der Waals surface area (Å²) in [5, 5.41) is 9.83. The highest BCUT2D eigenvalue weighted by atomic mass is 16.1. The molecule has 0 spiro atoms. The van der Waals surface area contributed by atoms with Gasteiger partial charge in [-0.15, -0.1) is 0 Å². The topological polar surface area (TPSA) is 53.2 Å². The molecule has 22 heavy (non-hydrogen) atoms. The van der Waals surface area contributed by atoms with E-state index in [0.717, 1.165) is 34.5 Å². The zero-order chi connectivity index (χ0) is 15.9. The van der Waals surface area contributed by atoms with Gasteiger partial charge in [0.1, 0.15) is 6.29 Å². The van der Waals surface area contributed by atoms with Crippen molar-refractivity contribution < 1.29 is 4.79 Å². The minimum atomic E-state index is 0.0817. The Kier molecular flexibility index (Phi) is 5.42. The van der Waals surface area contributed by atoms with E-state index in [-0.39, 0.29) is 6.04 Å². The lowest BCUT2D eigenvalue weighted by atomic mass is 10.0. The van der Waals surface area contributed by atoms with Crippen LogP contribution in [0.3, 0.4) is 0 Å². The Bertz CT molecular complexity index is 640. The third kappa shape index (κ3) is 3.58. The maximum Gasteiger partial charge on any atom is 0.122 e. The molecule has 4 nitrogen and oxygen atoms in total. The van der Waals surface area contributed by atoms with E-state index in [1.165, 1.54) is 0 Å². The van der Waals surface area contributed by atoms with Crippen LogP contribution < -0.4 is 16.0 Å². The van der Waals surface area contributed by atoms with E-state index in [2.05, 4.69) is 34.1 Å². The molecule has 0 heterocycles. The molecule has 116 valence electrons.